The number of hydrogen-bond acceptors (Lipinski definition) is 4. The molecule has 0 aromatic heterocycles. The first-order valence-electron chi connectivity index (χ1n) is 6.41. The van der Waals surface area contributed by atoms with E-state index in [1.165, 1.54) is 16.9 Å². The molecule has 2 rings (SSSR count). The Bertz CT molecular complexity index is 394. The van der Waals surface area contributed by atoms with Gasteiger partial charge in [-0.15, -0.1) is 0 Å². The average Bonchev–Trinajstić information content (AvgIpc) is 3.10. The van der Waals surface area contributed by atoms with Crippen molar-refractivity contribution in [3.63, 3.8) is 0 Å². The molecule has 7 heteroatoms. The lowest BCUT2D eigenvalue weighted by atomic mass is 10.2. The minimum Gasteiger partial charge on any atom is -0.480 e. The zero-order valence-electron chi connectivity index (χ0n) is 10.9. The summed E-state index contributed by atoms with van der Waals surface area (Å²) in [6.07, 6.45) is 2.96. The summed E-state index contributed by atoms with van der Waals surface area (Å²) >= 11 is 0. The predicted octanol–water partition coefficient (Wildman–Crippen LogP) is 0.293. The molecule has 1 unspecified atom stereocenters. The van der Waals surface area contributed by atoms with Crippen LogP contribution in [0.2, 0.25) is 0 Å². The number of esters is 1. The molecule has 1 aliphatic heterocycles. The van der Waals surface area contributed by atoms with Gasteiger partial charge in [0.25, 0.3) is 0 Å². The van der Waals surface area contributed by atoms with Gasteiger partial charge in [-0.25, -0.2) is 9.59 Å². The van der Waals surface area contributed by atoms with Gasteiger partial charge in [0.15, 0.2) is 0 Å². The lowest BCUT2D eigenvalue weighted by Gasteiger charge is -2.29. The van der Waals surface area contributed by atoms with E-state index in [1.54, 1.807) is 0 Å². The first-order valence-corrected chi connectivity index (χ1v) is 6.41. The van der Waals surface area contributed by atoms with Crippen LogP contribution in [0, 0.1) is 0 Å². The normalized spacial score (nSPS) is 22.2. The number of rotatable bonds is 4. The van der Waals surface area contributed by atoms with E-state index in [4.69, 9.17) is 5.11 Å². The van der Waals surface area contributed by atoms with Gasteiger partial charge in [-0.05, 0) is 25.7 Å². The molecule has 0 aromatic carbocycles. The number of methoxy groups -OCH3 is 1. The fourth-order valence-electron chi connectivity index (χ4n) is 2.43. The number of carboxylic acid groups (broad SMARTS) is 1. The van der Waals surface area contributed by atoms with E-state index < -0.39 is 18.0 Å². The monoisotopic (exact) mass is 270 g/mol. The molecular weight excluding hydrogens is 252 g/mol. The van der Waals surface area contributed by atoms with Crippen LogP contribution in [0.1, 0.15) is 25.7 Å². The van der Waals surface area contributed by atoms with Gasteiger partial charge >= 0.3 is 18.0 Å². The van der Waals surface area contributed by atoms with Crippen LogP contribution in [0.5, 0.6) is 0 Å². The number of aliphatic carboxylic acids is 1. The third-order valence-electron chi connectivity index (χ3n) is 3.51. The highest BCUT2D eigenvalue weighted by Crippen LogP contribution is 2.29. The summed E-state index contributed by atoms with van der Waals surface area (Å²) in [5.41, 5.74) is 0. The second kappa shape index (κ2) is 5.46. The summed E-state index contributed by atoms with van der Waals surface area (Å²) in [6.45, 7) is 0.162. The first-order chi connectivity index (χ1) is 9.04. The van der Waals surface area contributed by atoms with Crippen molar-refractivity contribution >= 4 is 18.0 Å². The lowest BCUT2D eigenvalue weighted by Crippen LogP contribution is -2.50. The Morgan fingerprint density at radius 1 is 1.32 bits per heavy atom. The minimum absolute atomic E-state index is 0.00231. The fraction of sp³-hybridized carbons (Fsp3) is 0.750. The van der Waals surface area contributed by atoms with Crippen LogP contribution in [-0.4, -0.2) is 65.2 Å². The third kappa shape index (κ3) is 2.97. The van der Waals surface area contributed by atoms with Gasteiger partial charge in [0.1, 0.15) is 12.6 Å². The number of carbonyl (C=O) groups excluding carboxylic acids is 2. The quantitative estimate of drug-likeness (QED) is 0.742. The van der Waals surface area contributed by atoms with Gasteiger partial charge < -0.3 is 19.6 Å². The summed E-state index contributed by atoms with van der Waals surface area (Å²) in [6, 6.07) is -0.937. The van der Waals surface area contributed by atoms with Crippen molar-refractivity contribution in [1.29, 1.82) is 0 Å². The van der Waals surface area contributed by atoms with Crippen molar-refractivity contribution in [1.82, 2.24) is 9.80 Å². The molecule has 19 heavy (non-hydrogen) atoms. The largest absolute Gasteiger partial charge is 0.480 e. The second-order valence-corrected chi connectivity index (χ2v) is 4.91. The van der Waals surface area contributed by atoms with E-state index in [0.717, 1.165) is 19.3 Å². The molecule has 7 nitrogen and oxygen atoms in total. The van der Waals surface area contributed by atoms with E-state index in [0.29, 0.717) is 13.0 Å². The number of carboxylic acids is 1. The van der Waals surface area contributed by atoms with E-state index >= 15 is 0 Å². The number of carbonyl (C=O) groups is 3. The lowest BCUT2D eigenvalue weighted by molar-refractivity contribution is -0.145. The van der Waals surface area contributed by atoms with Crippen molar-refractivity contribution in [3.8, 4) is 0 Å². The zero-order valence-corrected chi connectivity index (χ0v) is 10.9. The number of urea groups is 1. The summed E-state index contributed by atoms with van der Waals surface area (Å²) in [4.78, 5) is 37.6. The molecule has 2 amide bonds. The molecule has 1 heterocycles. The Hall–Kier alpha value is -1.79. The second-order valence-electron chi connectivity index (χ2n) is 4.91. The topological polar surface area (TPSA) is 87.2 Å². The SMILES string of the molecule is COC(=O)C1CCCN1C(=O)N(CC(=O)O)C1CC1. The van der Waals surface area contributed by atoms with Crippen LogP contribution < -0.4 is 0 Å². The predicted molar refractivity (Wildman–Crippen MR) is 64.5 cm³/mol. The highest BCUT2D eigenvalue weighted by molar-refractivity contribution is 5.86. The molecule has 0 bridgehead atoms. The highest BCUT2D eigenvalue weighted by atomic mass is 16.5. The van der Waals surface area contributed by atoms with Gasteiger partial charge in [-0.2, -0.15) is 0 Å². The van der Waals surface area contributed by atoms with Crippen molar-refractivity contribution in [2.24, 2.45) is 0 Å². The average molecular weight is 270 g/mol. The maximum absolute atomic E-state index is 12.4. The van der Waals surface area contributed by atoms with Crippen LogP contribution in [0.15, 0.2) is 0 Å². The summed E-state index contributed by atoms with van der Waals surface area (Å²) in [7, 11) is 1.29. The maximum atomic E-state index is 12.4. The molecule has 2 fully saturated rings. The van der Waals surface area contributed by atoms with Crippen molar-refractivity contribution in [2.75, 3.05) is 20.2 Å². The van der Waals surface area contributed by atoms with Crippen LogP contribution in [0.25, 0.3) is 0 Å². The smallest absolute Gasteiger partial charge is 0.328 e. The molecular formula is C12H18N2O5. The standard InChI is InChI=1S/C12H18N2O5/c1-19-11(17)9-3-2-6-13(9)12(18)14(7-10(15)16)8-4-5-8/h8-9H,2-7H2,1H3,(H,15,16). The Balaban J connectivity index is 2.07. The molecule has 1 saturated heterocycles. The van der Waals surface area contributed by atoms with Crippen LogP contribution in [0.3, 0.4) is 0 Å². The molecule has 1 N–H and O–H groups in total. The van der Waals surface area contributed by atoms with Gasteiger partial charge in [0.05, 0.1) is 7.11 Å². The van der Waals surface area contributed by atoms with Crippen molar-refractivity contribution in [3.05, 3.63) is 0 Å². The molecule has 1 aliphatic carbocycles. The Morgan fingerprint density at radius 3 is 2.53 bits per heavy atom. The fourth-order valence-corrected chi connectivity index (χ4v) is 2.43. The highest BCUT2D eigenvalue weighted by Gasteiger charge is 2.41. The van der Waals surface area contributed by atoms with E-state index in [2.05, 4.69) is 4.74 Å². The van der Waals surface area contributed by atoms with Gasteiger partial charge in [0, 0.05) is 12.6 Å². The molecule has 0 aromatic rings. The number of nitrogens with zero attached hydrogens (tertiary/aromatic N) is 2. The van der Waals surface area contributed by atoms with Gasteiger partial charge in [-0.3, -0.25) is 4.79 Å². The van der Waals surface area contributed by atoms with Gasteiger partial charge in [0.2, 0.25) is 0 Å². The number of likely N-dealkylation sites (tertiary alicyclic amines) is 1. The number of hydrogen-bond donors (Lipinski definition) is 1. The Labute approximate surface area is 111 Å². The summed E-state index contributed by atoms with van der Waals surface area (Å²) < 4.78 is 4.68. The number of amides is 2. The zero-order chi connectivity index (χ0) is 14.0. The van der Waals surface area contributed by atoms with Gasteiger partial charge in [-0.1, -0.05) is 0 Å². The van der Waals surface area contributed by atoms with Crippen molar-refractivity contribution in [2.45, 2.75) is 37.8 Å². The summed E-state index contributed by atoms with van der Waals surface area (Å²) in [5.74, 6) is -1.47. The Morgan fingerprint density at radius 2 is 2.00 bits per heavy atom. The van der Waals surface area contributed by atoms with E-state index in [1.807, 2.05) is 0 Å². The van der Waals surface area contributed by atoms with Crippen LogP contribution >= 0.6 is 0 Å². The third-order valence-corrected chi connectivity index (χ3v) is 3.51. The van der Waals surface area contributed by atoms with Crippen molar-refractivity contribution < 1.29 is 24.2 Å². The molecule has 2 aliphatic rings. The molecule has 1 atom stereocenters. The summed E-state index contributed by atoms with van der Waals surface area (Å²) in [5, 5.41) is 8.87. The molecule has 106 valence electrons. The van der Waals surface area contributed by atoms with Crippen LogP contribution in [-0.2, 0) is 14.3 Å². The van der Waals surface area contributed by atoms with Crippen LogP contribution in [0.4, 0.5) is 4.79 Å². The first kappa shape index (κ1) is 13.6. The molecule has 1 saturated carbocycles. The number of ether oxygens (including phenoxy) is 1. The van der Waals surface area contributed by atoms with E-state index in [9.17, 15) is 14.4 Å². The molecule has 0 radical (unpaired) electrons. The molecule has 0 spiro atoms. The maximum Gasteiger partial charge on any atom is 0.328 e. The minimum atomic E-state index is -1.03. The van der Waals surface area contributed by atoms with E-state index in [-0.39, 0.29) is 18.6 Å². The Kier molecular flexibility index (Phi) is 3.92.